The third-order valence-electron chi connectivity index (χ3n) is 3.85. The van der Waals surface area contributed by atoms with Crippen LogP contribution in [-0.4, -0.2) is 39.0 Å². The zero-order chi connectivity index (χ0) is 15.7. The van der Waals surface area contributed by atoms with Gasteiger partial charge in [-0.25, -0.2) is 8.42 Å². The van der Waals surface area contributed by atoms with E-state index in [0.29, 0.717) is 55.1 Å². The second kappa shape index (κ2) is 6.07. The largest absolute Gasteiger partial charge is 0.486 e. The summed E-state index contributed by atoms with van der Waals surface area (Å²) in [5.41, 5.74) is 0. The molecule has 0 N–H and O–H groups in total. The van der Waals surface area contributed by atoms with Crippen molar-refractivity contribution in [3.05, 3.63) is 16.6 Å². The lowest BCUT2D eigenvalue weighted by Crippen LogP contribution is -2.38. The van der Waals surface area contributed by atoms with Gasteiger partial charge in [-0.15, -0.1) is 0 Å². The maximum absolute atomic E-state index is 12.8. The number of fused-ring (bicyclic) bond motifs is 1. The molecular weight excluding hydrogens is 372 g/mol. The Hall–Kier alpha value is -1.30. The van der Waals surface area contributed by atoms with Crippen LogP contribution < -0.4 is 9.47 Å². The van der Waals surface area contributed by atoms with Crippen molar-refractivity contribution in [1.29, 1.82) is 5.26 Å². The smallest absolute Gasteiger partial charge is 0.244 e. The van der Waals surface area contributed by atoms with E-state index in [1.807, 2.05) is 0 Å². The van der Waals surface area contributed by atoms with Gasteiger partial charge in [-0.3, -0.25) is 0 Å². The minimum Gasteiger partial charge on any atom is -0.486 e. The van der Waals surface area contributed by atoms with E-state index in [0.717, 1.165) is 0 Å². The van der Waals surface area contributed by atoms with Crippen LogP contribution in [0.3, 0.4) is 0 Å². The minimum absolute atomic E-state index is 0.0600. The molecular formula is C14H15BrN2O4S. The van der Waals surface area contributed by atoms with Crippen LogP contribution in [-0.2, 0) is 10.0 Å². The number of nitrogens with zero attached hydrogens (tertiary/aromatic N) is 2. The first-order valence-corrected chi connectivity index (χ1v) is 9.24. The molecule has 1 aromatic carbocycles. The normalized spacial score (nSPS) is 19.6. The van der Waals surface area contributed by atoms with Crippen LogP contribution in [0, 0.1) is 17.2 Å². The molecule has 118 valence electrons. The van der Waals surface area contributed by atoms with E-state index in [1.54, 1.807) is 6.07 Å². The summed E-state index contributed by atoms with van der Waals surface area (Å²) in [5, 5.41) is 8.92. The van der Waals surface area contributed by atoms with E-state index in [9.17, 15) is 8.42 Å². The average Bonchev–Trinajstić information content (AvgIpc) is 2.54. The molecule has 0 amide bonds. The molecule has 1 fully saturated rings. The molecule has 0 bridgehead atoms. The second-order valence-electron chi connectivity index (χ2n) is 5.23. The lowest BCUT2D eigenvalue weighted by molar-refractivity contribution is 0.171. The Morgan fingerprint density at radius 3 is 2.36 bits per heavy atom. The van der Waals surface area contributed by atoms with Gasteiger partial charge in [-0.2, -0.15) is 9.57 Å². The second-order valence-corrected chi connectivity index (χ2v) is 7.99. The molecule has 2 aliphatic rings. The van der Waals surface area contributed by atoms with Crippen molar-refractivity contribution >= 4 is 26.0 Å². The van der Waals surface area contributed by atoms with Crippen LogP contribution in [0.25, 0.3) is 0 Å². The number of piperidine rings is 1. The summed E-state index contributed by atoms with van der Waals surface area (Å²) in [6.45, 7) is 1.58. The lowest BCUT2D eigenvalue weighted by Gasteiger charge is -2.29. The third kappa shape index (κ3) is 2.81. The van der Waals surface area contributed by atoms with Gasteiger partial charge in [0.05, 0.1) is 6.07 Å². The number of benzene rings is 1. The highest BCUT2D eigenvalue weighted by molar-refractivity contribution is 9.10. The van der Waals surface area contributed by atoms with Crippen LogP contribution in [0.5, 0.6) is 11.5 Å². The van der Waals surface area contributed by atoms with Crippen LogP contribution >= 0.6 is 15.9 Å². The summed E-state index contributed by atoms with van der Waals surface area (Å²) in [6.07, 6.45) is 1.13. The first-order valence-electron chi connectivity index (χ1n) is 7.01. The first kappa shape index (κ1) is 15.6. The Morgan fingerprint density at radius 2 is 1.77 bits per heavy atom. The van der Waals surface area contributed by atoms with E-state index >= 15 is 0 Å². The summed E-state index contributed by atoms with van der Waals surface area (Å²) >= 11 is 3.31. The molecule has 2 heterocycles. The van der Waals surface area contributed by atoms with Crippen LogP contribution in [0.2, 0.25) is 0 Å². The van der Waals surface area contributed by atoms with Gasteiger partial charge < -0.3 is 9.47 Å². The highest BCUT2D eigenvalue weighted by Gasteiger charge is 2.32. The molecule has 0 spiro atoms. The number of nitriles is 1. The molecule has 0 radical (unpaired) electrons. The molecule has 1 aromatic rings. The van der Waals surface area contributed by atoms with Gasteiger partial charge in [0, 0.05) is 29.5 Å². The Balaban J connectivity index is 1.91. The van der Waals surface area contributed by atoms with Gasteiger partial charge in [0.15, 0.2) is 11.5 Å². The molecule has 3 rings (SSSR count). The summed E-state index contributed by atoms with van der Waals surface area (Å²) in [7, 11) is -3.62. The lowest BCUT2D eigenvalue weighted by atomic mass is 10.0. The third-order valence-corrected chi connectivity index (χ3v) is 6.71. The fraction of sp³-hybridized carbons (Fsp3) is 0.500. The number of hydrogen-bond acceptors (Lipinski definition) is 5. The molecule has 22 heavy (non-hydrogen) atoms. The molecule has 0 atom stereocenters. The van der Waals surface area contributed by atoms with E-state index in [1.165, 1.54) is 10.4 Å². The predicted molar refractivity (Wildman–Crippen MR) is 82.2 cm³/mol. The number of rotatable bonds is 2. The molecule has 1 saturated heterocycles. The number of halogens is 1. The maximum Gasteiger partial charge on any atom is 0.244 e. The molecule has 0 unspecified atom stereocenters. The van der Waals surface area contributed by atoms with E-state index in [4.69, 9.17) is 14.7 Å². The zero-order valence-corrected chi connectivity index (χ0v) is 14.2. The molecule has 6 nitrogen and oxygen atoms in total. The average molecular weight is 387 g/mol. The Bertz CT molecular complexity index is 721. The van der Waals surface area contributed by atoms with Gasteiger partial charge in [-0.1, -0.05) is 0 Å². The van der Waals surface area contributed by atoms with Gasteiger partial charge in [0.25, 0.3) is 0 Å². The fourth-order valence-electron chi connectivity index (χ4n) is 2.61. The van der Waals surface area contributed by atoms with E-state index < -0.39 is 10.0 Å². The maximum atomic E-state index is 12.8. The molecule has 0 aliphatic carbocycles. The highest BCUT2D eigenvalue weighted by Crippen LogP contribution is 2.38. The monoisotopic (exact) mass is 386 g/mol. The number of sulfonamides is 1. The Kier molecular flexibility index (Phi) is 4.30. The number of hydrogen-bond donors (Lipinski definition) is 0. The summed E-state index contributed by atoms with van der Waals surface area (Å²) < 4.78 is 38.4. The summed E-state index contributed by atoms with van der Waals surface area (Å²) in [4.78, 5) is 0.173. The Morgan fingerprint density at radius 1 is 1.18 bits per heavy atom. The van der Waals surface area contributed by atoms with Crippen molar-refractivity contribution in [1.82, 2.24) is 4.31 Å². The highest BCUT2D eigenvalue weighted by atomic mass is 79.9. The van der Waals surface area contributed by atoms with Gasteiger partial charge in [0.2, 0.25) is 10.0 Å². The van der Waals surface area contributed by atoms with Crippen molar-refractivity contribution in [2.45, 2.75) is 17.7 Å². The topological polar surface area (TPSA) is 79.6 Å². The number of ether oxygens (including phenoxy) is 2. The van der Waals surface area contributed by atoms with Crippen molar-refractivity contribution in [3.8, 4) is 17.6 Å². The summed E-state index contributed by atoms with van der Waals surface area (Å²) in [6, 6.07) is 5.33. The summed E-state index contributed by atoms with van der Waals surface area (Å²) in [5.74, 6) is 0.926. The van der Waals surface area contributed by atoms with Crippen LogP contribution in [0.1, 0.15) is 12.8 Å². The molecule has 0 saturated carbocycles. The molecule has 0 aromatic heterocycles. The van der Waals surface area contributed by atoms with E-state index in [2.05, 4.69) is 22.0 Å². The van der Waals surface area contributed by atoms with Gasteiger partial charge >= 0.3 is 0 Å². The van der Waals surface area contributed by atoms with Crippen LogP contribution in [0.4, 0.5) is 0 Å². The van der Waals surface area contributed by atoms with Crippen molar-refractivity contribution in [3.63, 3.8) is 0 Å². The van der Waals surface area contributed by atoms with Crippen molar-refractivity contribution < 1.29 is 17.9 Å². The fourth-order valence-corrected chi connectivity index (χ4v) is 5.07. The zero-order valence-electron chi connectivity index (χ0n) is 11.8. The van der Waals surface area contributed by atoms with Crippen molar-refractivity contribution in [2.24, 2.45) is 5.92 Å². The minimum atomic E-state index is -3.62. The van der Waals surface area contributed by atoms with Crippen molar-refractivity contribution in [2.75, 3.05) is 26.3 Å². The quantitative estimate of drug-likeness (QED) is 0.777. The van der Waals surface area contributed by atoms with E-state index in [-0.39, 0.29) is 10.8 Å². The first-order chi connectivity index (χ1) is 10.5. The van der Waals surface area contributed by atoms with Gasteiger partial charge in [-0.05, 0) is 34.8 Å². The Labute approximate surface area is 137 Å². The standard InChI is InChI=1S/C14H15BrN2O4S/c15-11-7-12-13(21-6-5-20-12)8-14(11)22(18,19)17-3-1-10(9-16)2-4-17/h7-8,10H,1-6H2. The SMILES string of the molecule is N#CC1CCN(S(=O)(=O)c2cc3c(cc2Br)OCCO3)CC1. The van der Waals surface area contributed by atoms with Gasteiger partial charge in [0.1, 0.15) is 18.1 Å². The molecule has 8 heteroatoms. The predicted octanol–water partition coefficient (Wildman–Crippen LogP) is 2.14. The van der Waals surface area contributed by atoms with Crippen LogP contribution in [0.15, 0.2) is 21.5 Å². The molecule has 2 aliphatic heterocycles.